The summed E-state index contributed by atoms with van der Waals surface area (Å²) in [6, 6.07) is -2.82. The molecule has 0 fully saturated rings. The standard InChI is InChI=1S/C16H30N8O7/c1-8(23-16(31)10(2-9(18)3-17)24-14(29)7-25)15(30)22-6-13(28)21-5-12(27)20-4-11(19)26/h8-10,25H,2-7,17-18H2,1H3,(H2,19,26)(H,20,27)(H,21,28)(H,22,30)(H,23,31)(H,24,29)/t8-,9?,10+/m1/s1. The van der Waals surface area contributed by atoms with Gasteiger partial charge in [0.15, 0.2) is 0 Å². The van der Waals surface area contributed by atoms with Crippen molar-refractivity contribution in [3.05, 3.63) is 0 Å². The summed E-state index contributed by atoms with van der Waals surface area (Å²) in [7, 11) is 0. The van der Waals surface area contributed by atoms with Crippen LogP contribution in [-0.2, 0) is 28.8 Å². The van der Waals surface area contributed by atoms with Gasteiger partial charge in [-0.05, 0) is 13.3 Å². The lowest BCUT2D eigenvalue weighted by Gasteiger charge is -2.22. The molecule has 15 nitrogen and oxygen atoms in total. The lowest BCUT2D eigenvalue weighted by Crippen LogP contribution is -2.55. The average molecular weight is 446 g/mol. The first-order valence-corrected chi connectivity index (χ1v) is 9.25. The van der Waals surface area contributed by atoms with Gasteiger partial charge in [0.1, 0.15) is 18.7 Å². The summed E-state index contributed by atoms with van der Waals surface area (Å²) in [6.45, 7) is -0.737. The van der Waals surface area contributed by atoms with Gasteiger partial charge in [0, 0.05) is 12.6 Å². The van der Waals surface area contributed by atoms with E-state index in [1.165, 1.54) is 6.92 Å². The molecule has 0 aliphatic carbocycles. The van der Waals surface area contributed by atoms with Crippen molar-refractivity contribution in [2.75, 3.05) is 32.8 Å². The third kappa shape index (κ3) is 12.8. The fourth-order valence-electron chi connectivity index (χ4n) is 2.06. The van der Waals surface area contributed by atoms with Gasteiger partial charge in [0.05, 0.1) is 19.6 Å². The lowest BCUT2D eigenvalue weighted by molar-refractivity contribution is -0.133. The number of hydrogen-bond donors (Lipinski definition) is 9. The van der Waals surface area contributed by atoms with E-state index in [2.05, 4.69) is 26.6 Å². The molecule has 0 saturated heterocycles. The first-order chi connectivity index (χ1) is 14.5. The minimum atomic E-state index is -1.13. The molecule has 15 heteroatoms. The summed E-state index contributed by atoms with van der Waals surface area (Å²) < 4.78 is 0. The van der Waals surface area contributed by atoms with E-state index in [0.717, 1.165) is 0 Å². The van der Waals surface area contributed by atoms with Crippen LogP contribution >= 0.6 is 0 Å². The van der Waals surface area contributed by atoms with Gasteiger partial charge in [-0.3, -0.25) is 28.8 Å². The molecule has 0 spiro atoms. The number of aliphatic hydroxyl groups is 1. The normalized spacial score (nSPS) is 13.2. The third-order valence-corrected chi connectivity index (χ3v) is 3.72. The van der Waals surface area contributed by atoms with Crippen molar-refractivity contribution in [3.63, 3.8) is 0 Å². The molecule has 0 aromatic heterocycles. The highest BCUT2D eigenvalue weighted by Gasteiger charge is 2.26. The molecule has 31 heavy (non-hydrogen) atoms. The number of primary amides is 1. The second-order valence-corrected chi connectivity index (χ2v) is 6.48. The molecule has 176 valence electrons. The maximum Gasteiger partial charge on any atom is 0.246 e. The van der Waals surface area contributed by atoms with Crippen LogP contribution in [0.4, 0.5) is 0 Å². The largest absolute Gasteiger partial charge is 0.387 e. The van der Waals surface area contributed by atoms with Crippen LogP contribution in [0.25, 0.3) is 0 Å². The Balaban J connectivity index is 4.52. The van der Waals surface area contributed by atoms with E-state index < -0.39 is 73.3 Å². The Morgan fingerprint density at radius 2 is 1.39 bits per heavy atom. The number of rotatable bonds is 14. The van der Waals surface area contributed by atoms with Gasteiger partial charge in [-0.15, -0.1) is 0 Å². The zero-order valence-corrected chi connectivity index (χ0v) is 17.1. The number of carbonyl (C=O) groups is 6. The maximum absolute atomic E-state index is 12.3. The van der Waals surface area contributed by atoms with E-state index in [4.69, 9.17) is 22.3 Å². The third-order valence-electron chi connectivity index (χ3n) is 3.72. The Hall–Kier alpha value is -3.30. The van der Waals surface area contributed by atoms with Crippen molar-refractivity contribution in [1.82, 2.24) is 26.6 Å². The van der Waals surface area contributed by atoms with Crippen LogP contribution < -0.4 is 43.8 Å². The predicted molar refractivity (Wildman–Crippen MR) is 106 cm³/mol. The molecule has 0 saturated carbocycles. The van der Waals surface area contributed by atoms with Crippen molar-refractivity contribution < 1.29 is 33.9 Å². The molecule has 0 aliphatic heterocycles. The Labute approximate surface area is 178 Å². The maximum atomic E-state index is 12.3. The summed E-state index contributed by atoms with van der Waals surface area (Å²) in [5.41, 5.74) is 16.0. The van der Waals surface area contributed by atoms with E-state index in [9.17, 15) is 28.8 Å². The average Bonchev–Trinajstić information content (AvgIpc) is 2.73. The Bertz CT molecular complexity index is 672. The van der Waals surface area contributed by atoms with Crippen LogP contribution in [0.1, 0.15) is 13.3 Å². The van der Waals surface area contributed by atoms with Gasteiger partial charge < -0.3 is 48.9 Å². The number of nitrogens with one attached hydrogen (secondary N) is 5. The number of aliphatic hydroxyl groups excluding tert-OH is 1. The quantitative estimate of drug-likeness (QED) is 0.123. The van der Waals surface area contributed by atoms with Gasteiger partial charge in [0.25, 0.3) is 0 Å². The van der Waals surface area contributed by atoms with Crippen LogP contribution in [-0.4, -0.2) is 91.5 Å². The topological polar surface area (TPSA) is 261 Å². The first kappa shape index (κ1) is 27.7. The summed E-state index contributed by atoms with van der Waals surface area (Å²) in [5, 5.41) is 20.1. The summed E-state index contributed by atoms with van der Waals surface area (Å²) in [4.78, 5) is 69.4. The molecule has 0 aliphatic rings. The molecule has 0 aromatic carbocycles. The van der Waals surface area contributed by atoms with E-state index in [0.29, 0.717) is 0 Å². The lowest BCUT2D eigenvalue weighted by atomic mass is 10.1. The smallest absolute Gasteiger partial charge is 0.246 e. The fourth-order valence-corrected chi connectivity index (χ4v) is 2.06. The highest BCUT2D eigenvalue weighted by Crippen LogP contribution is 1.98. The highest BCUT2D eigenvalue weighted by molar-refractivity contribution is 5.94. The van der Waals surface area contributed by atoms with Crippen molar-refractivity contribution in [2.45, 2.75) is 31.5 Å². The molecule has 6 amide bonds. The van der Waals surface area contributed by atoms with Gasteiger partial charge in [-0.2, -0.15) is 0 Å². The Morgan fingerprint density at radius 1 is 0.839 bits per heavy atom. The molecule has 1 unspecified atom stereocenters. The molecule has 12 N–H and O–H groups in total. The van der Waals surface area contributed by atoms with Crippen LogP contribution in [0.2, 0.25) is 0 Å². The van der Waals surface area contributed by atoms with E-state index in [1.54, 1.807) is 0 Å². The zero-order valence-electron chi connectivity index (χ0n) is 17.1. The Kier molecular flexibility index (Phi) is 13.1. The van der Waals surface area contributed by atoms with Crippen molar-refractivity contribution in [3.8, 4) is 0 Å². The highest BCUT2D eigenvalue weighted by atomic mass is 16.3. The van der Waals surface area contributed by atoms with Gasteiger partial charge >= 0.3 is 0 Å². The molecular formula is C16H30N8O7. The molecule has 0 radical (unpaired) electrons. The fraction of sp³-hybridized carbons (Fsp3) is 0.625. The SMILES string of the molecule is C[C@@H](NC(=O)[C@H](CC(N)CN)NC(=O)CO)C(=O)NCC(=O)NCC(=O)NCC(N)=O. The van der Waals surface area contributed by atoms with Crippen LogP contribution in [0.15, 0.2) is 0 Å². The van der Waals surface area contributed by atoms with E-state index >= 15 is 0 Å². The first-order valence-electron chi connectivity index (χ1n) is 9.25. The van der Waals surface area contributed by atoms with Crippen LogP contribution in [0, 0.1) is 0 Å². The van der Waals surface area contributed by atoms with Gasteiger partial charge in [-0.1, -0.05) is 0 Å². The molecule has 0 heterocycles. The number of hydrogen-bond acceptors (Lipinski definition) is 9. The van der Waals surface area contributed by atoms with Crippen molar-refractivity contribution in [2.24, 2.45) is 17.2 Å². The molecule has 0 rings (SSSR count). The predicted octanol–water partition coefficient (Wildman–Crippen LogP) is -6.52. The molecule has 3 atom stereocenters. The van der Waals surface area contributed by atoms with Gasteiger partial charge in [0.2, 0.25) is 35.4 Å². The summed E-state index contributed by atoms with van der Waals surface area (Å²) in [6.07, 6.45) is -0.0252. The molecule has 0 aromatic rings. The van der Waals surface area contributed by atoms with Crippen LogP contribution in [0.3, 0.4) is 0 Å². The zero-order chi connectivity index (χ0) is 24.0. The van der Waals surface area contributed by atoms with Crippen molar-refractivity contribution in [1.29, 1.82) is 0 Å². The molecular weight excluding hydrogens is 416 g/mol. The number of carbonyl (C=O) groups excluding carboxylic acids is 6. The summed E-state index contributed by atoms with van der Waals surface area (Å²) >= 11 is 0. The molecule has 0 bridgehead atoms. The van der Waals surface area contributed by atoms with Crippen LogP contribution in [0.5, 0.6) is 0 Å². The second-order valence-electron chi connectivity index (χ2n) is 6.48. The number of amides is 6. The van der Waals surface area contributed by atoms with Crippen molar-refractivity contribution >= 4 is 35.4 Å². The minimum Gasteiger partial charge on any atom is -0.387 e. The minimum absolute atomic E-state index is 0.0252. The van der Waals surface area contributed by atoms with Gasteiger partial charge in [-0.25, -0.2) is 0 Å². The van der Waals surface area contributed by atoms with E-state index in [1.807, 2.05) is 0 Å². The monoisotopic (exact) mass is 446 g/mol. The Morgan fingerprint density at radius 3 is 1.90 bits per heavy atom. The number of nitrogens with two attached hydrogens (primary N) is 3. The summed E-state index contributed by atoms with van der Waals surface area (Å²) in [5.74, 6) is -4.33. The second kappa shape index (κ2) is 14.6. The van der Waals surface area contributed by atoms with E-state index in [-0.39, 0.29) is 19.5 Å².